The molecule has 1 aromatic rings. The van der Waals surface area contributed by atoms with Crippen LogP contribution in [0, 0.1) is 11.6 Å². The lowest BCUT2D eigenvalue weighted by Gasteiger charge is -2.16. The fraction of sp³-hybridized carbons (Fsp3) is 0.571. The van der Waals surface area contributed by atoms with Gasteiger partial charge in [0.05, 0.1) is 0 Å². The zero-order valence-electron chi connectivity index (χ0n) is 11.0. The molecule has 0 fully saturated rings. The van der Waals surface area contributed by atoms with E-state index in [4.69, 9.17) is 4.74 Å². The Morgan fingerprint density at radius 3 is 2.44 bits per heavy atom. The van der Waals surface area contributed by atoms with E-state index in [-0.39, 0.29) is 6.04 Å². The molecule has 0 spiro atoms. The van der Waals surface area contributed by atoms with Gasteiger partial charge in [-0.2, -0.15) is 0 Å². The minimum atomic E-state index is -0.519. The maximum Gasteiger partial charge on any atom is 0.126 e. The molecule has 1 unspecified atom stereocenters. The van der Waals surface area contributed by atoms with Crippen LogP contribution in [-0.4, -0.2) is 26.3 Å². The minimum absolute atomic E-state index is 0.214. The Hall–Kier alpha value is -1.00. The van der Waals surface area contributed by atoms with Gasteiger partial charge < -0.3 is 10.1 Å². The van der Waals surface area contributed by atoms with Crippen LogP contribution in [0.15, 0.2) is 18.2 Å². The van der Waals surface area contributed by atoms with Crippen molar-refractivity contribution in [1.29, 1.82) is 0 Å². The average Bonchev–Trinajstić information content (AvgIpc) is 2.32. The number of nitrogens with one attached hydrogen (secondary N) is 1. The number of hydrogen-bond donors (Lipinski definition) is 1. The van der Waals surface area contributed by atoms with Crippen molar-refractivity contribution in [2.75, 3.05) is 20.3 Å². The third-order valence-corrected chi connectivity index (χ3v) is 2.86. The summed E-state index contributed by atoms with van der Waals surface area (Å²) in [7, 11) is 1.86. The third kappa shape index (κ3) is 5.56. The molecule has 0 bridgehead atoms. The second kappa shape index (κ2) is 8.16. The van der Waals surface area contributed by atoms with Gasteiger partial charge in [0, 0.05) is 25.3 Å². The van der Waals surface area contributed by atoms with Crippen LogP contribution in [0.25, 0.3) is 0 Å². The molecular formula is C14H21F2NO. The number of likely N-dealkylation sites (N-methyl/N-ethyl adjacent to an activating group) is 1. The van der Waals surface area contributed by atoms with Crippen molar-refractivity contribution in [3.63, 3.8) is 0 Å². The Bertz CT molecular complexity index is 337. The summed E-state index contributed by atoms with van der Waals surface area (Å²) in [5.41, 5.74) is 0.684. The molecule has 0 aliphatic rings. The minimum Gasteiger partial charge on any atom is -0.382 e. The second-order valence-electron chi connectivity index (χ2n) is 4.31. The van der Waals surface area contributed by atoms with Crippen LogP contribution < -0.4 is 5.32 Å². The highest BCUT2D eigenvalue weighted by Crippen LogP contribution is 2.12. The molecule has 0 amide bonds. The number of ether oxygens (including phenoxy) is 1. The molecule has 0 saturated heterocycles. The van der Waals surface area contributed by atoms with E-state index in [1.165, 1.54) is 12.1 Å². The molecule has 2 nitrogen and oxygen atoms in total. The lowest BCUT2D eigenvalue weighted by Crippen LogP contribution is -2.28. The van der Waals surface area contributed by atoms with Crippen LogP contribution in [0.5, 0.6) is 0 Å². The number of hydrogen-bond acceptors (Lipinski definition) is 2. The second-order valence-corrected chi connectivity index (χ2v) is 4.31. The van der Waals surface area contributed by atoms with Gasteiger partial charge in [0.25, 0.3) is 0 Å². The predicted octanol–water partition coefficient (Wildman–Crippen LogP) is 2.91. The molecule has 0 radical (unpaired) electrons. The summed E-state index contributed by atoms with van der Waals surface area (Å²) in [5.74, 6) is -1.04. The van der Waals surface area contributed by atoms with E-state index in [2.05, 4.69) is 5.32 Å². The van der Waals surface area contributed by atoms with Gasteiger partial charge in [0.1, 0.15) is 11.6 Å². The smallest absolute Gasteiger partial charge is 0.126 e. The summed E-state index contributed by atoms with van der Waals surface area (Å²) >= 11 is 0. The van der Waals surface area contributed by atoms with Crippen molar-refractivity contribution < 1.29 is 13.5 Å². The Balaban J connectivity index is 2.46. The van der Waals surface area contributed by atoms with Crippen LogP contribution in [0.4, 0.5) is 8.78 Å². The quantitative estimate of drug-likeness (QED) is 0.723. The summed E-state index contributed by atoms with van der Waals surface area (Å²) in [4.78, 5) is 0. The first kappa shape index (κ1) is 15.1. The van der Waals surface area contributed by atoms with Crippen molar-refractivity contribution in [3.8, 4) is 0 Å². The molecule has 1 rings (SSSR count). The van der Waals surface area contributed by atoms with E-state index >= 15 is 0 Å². The lowest BCUT2D eigenvalue weighted by molar-refractivity contribution is 0.141. The van der Waals surface area contributed by atoms with E-state index in [1.807, 2.05) is 14.0 Å². The maximum atomic E-state index is 13.1. The molecular weight excluding hydrogens is 236 g/mol. The van der Waals surface area contributed by atoms with Crippen LogP contribution in [0.1, 0.15) is 25.3 Å². The fourth-order valence-corrected chi connectivity index (χ4v) is 1.94. The summed E-state index contributed by atoms with van der Waals surface area (Å²) in [5, 5.41) is 3.17. The van der Waals surface area contributed by atoms with Gasteiger partial charge in [-0.15, -0.1) is 0 Å². The van der Waals surface area contributed by atoms with E-state index in [9.17, 15) is 8.78 Å². The molecule has 102 valence electrons. The van der Waals surface area contributed by atoms with Crippen LogP contribution in [-0.2, 0) is 11.2 Å². The predicted molar refractivity (Wildman–Crippen MR) is 68.6 cm³/mol. The summed E-state index contributed by atoms with van der Waals surface area (Å²) < 4.78 is 31.4. The molecule has 4 heteroatoms. The van der Waals surface area contributed by atoms with Crippen molar-refractivity contribution in [2.24, 2.45) is 0 Å². The highest BCUT2D eigenvalue weighted by atomic mass is 19.1. The lowest BCUT2D eigenvalue weighted by atomic mass is 10.0. The van der Waals surface area contributed by atoms with Gasteiger partial charge in [-0.3, -0.25) is 0 Å². The highest BCUT2D eigenvalue weighted by Gasteiger charge is 2.09. The molecule has 0 heterocycles. The average molecular weight is 257 g/mol. The van der Waals surface area contributed by atoms with Crippen molar-refractivity contribution in [1.82, 2.24) is 5.32 Å². The zero-order chi connectivity index (χ0) is 13.4. The van der Waals surface area contributed by atoms with Crippen LogP contribution in [0.3, 0.4) is 0 Å². The topological polar surface area (TPSA) is 21.3 Å². The van der Waals surface area contributed by atoms with Crippen molar-refractivity contribution >= 4 is 0 Å². The van der Waals surface area contributed by atoms with Crippen molar-refractivity contribution in [3.05, 3.63) is 35.4 Å². The van der Waals surface area contributed by atoms with Crippen LogP contribution in [0.2, 0.25) is 0 Å². The number of halogens is 2. The Morgan fingerprint density at radius 2 is 1.89 bits per heavy atom. The van der Waals surface area contributed by atoms with Gasteiger partial charge in [0.2, 0.25) is 0 Å². The molecule has 0 aromatic heterocycles. The van der Waals surface area contributed by atoms with E-state index < -0.39 is 11.6 Å². The summed E-state index contributed by atoms with van der Waals surface area (Å²) in [6.07, 6.45) is 2.49. The third-order valence-electron chi connectivity index (χ3n) is 2.86. The van der Waals surface area contributed by atoms with Gasteiger partial charge >= 0.3 is 0 Å². The Morgan fingerprint density at radius 1 is 1.22 bits per heavy atom. The van der Waals surface area contributed by atoms with Crippen molar-refractivity contribution in [2.45, 2.75) is 32.2 Å². The summed E-state index contributed by atoms with van der Waals surface area (Å²) in [6, 6.07) is 3.88. The fourth-order valence-electron chi connectivity index (χ4n) is 1.94. The van der Waals surface area contributed by atoms with Gasteiger partial charge in [-0.05, 0) is 50.9 Å². The first-order chi connectivity index (χ1) is 8.65. The zero-order valence-corrected chi connectivity index (χ0v) is 11.0. The monoisotopic (exact) mass is 257 g/mol. The first-order valence-electron chi connectivity index (χ1n) is 6.35. The largest absolute Gasteiger partial charge is 0.382 e. The maximum absolute atomic E-state index is 13.1. The Kier molecular flexibility index (Phi) is 6.83. The summed E-state index contributed by atoms with van der Waals surface area (Å²) in [6.45, 7) is 3.41. The van der Waals surface area contributed by atoms with Gasteiger partial charge in [-0.1, -0.05) is 0 Å². The van der Waals surface area contributed by atoms with E-state index in [1.54, 1.807) is 0 Å². The SMILES string of the molecule is CCOCCCC(Cc1cc(F)cc(F)c1)NC. The van der Waals surface area contributed by atoms with Crippen LogP contribution >= 0.6 is 0 Å². The first-order valence-corrected chi connectivity index (χ1v) is 6.35. The van der Waals surface area contributed by atoms with Gasteiger partial charge in [0.15, 0.2) is 0 Å². The molecule has 0 aliphatic heterocycles. The Labute approximate surface area is 107 Å². The molecule has 0 saturated carbocycles. The van der Waals surface area contributed by atoms with Gasteiger partial charge in [-0.25, -0.2) is 8.78 Å². The highest BCUT2D eigenvalue weighted by molar-refractivity contribution is 5.18. The molecule has 0 aliphatic carbocycles. The van der Waals surface area contributed by atoms with E-state index in [0.29, 0.717) is 12.0 Å². The molecule has 1 atom stereocenters. The molecule has 1 aromatic carbocycles. The number of rotatable bonds is 8. The molecule has 1 N–H and O–H groups in total. The normalized spacial score (nSPS) is 12.7. The molecule has 18 heavy (non-hydrogen) atoms. The standard InChI is InChI=1S/C14H21F2NO/c1-3-18-6-4-5-14(17-2)9-11-7-12(15)10-13(16)8-11/h7-8,10,14,17H,3-6,9H2,1-2H3. The van der Waals surface area contributed by atoms with E-state index in [0.717, 1.165) is 32.1 Å². The number of benzene rings is 1.